The monoisotopic (exact) mass is 256 g/mol. The number of aromatic nitrogens is 1. The Morgan fingerprint density at radius 3 is 3.18 bits per heavy atom. The lowest BCUT2D eigenvalue weighted by atomic mass is 10.1. The number of likely N-dealkylation sites (tertiary alicyclic amines) is 1. The van der Waals surface area contributed by atoms with Gasteiger partial charge in [0.25, 0.3) is 5.91 Å². The molecular weight excluding hydrogens is 243 g/mol. The largest absolute Gasteiger partial charge is 0.338 e. The van der Waals surface area contributed by atoms with Crippen LogP contribution in [0.4, 0.5) is 4.39 Å². The summed E-state index contributed by atoms with van der Waals surface area (Å²) in [4.78, 5) is 17.4. The average Bonchev–Trinajstić information content (AvgIpc) is 2.78. The summed E-state index contributed by atoms with van der Waals surface area (Å²) in [5, 5.41) is 0. The van der Waals surface area contributed by atoms with Crippen LogP contribution in [0, 0.1) is 11.7 Å². The normalized spacial score (nSPS) is 19.6. The second-order valence-corrected chi connectivity index (χ2v) is 4.62. The molecule has 1 saturated heterocycles. The van der Waals surface area contributed by atoms with Crippen molar-refractivity contribution in [2.45, 2.75) is 12.8 Å². The zero-order chi connectivity index (χ0) is 12.3. The number of halogens is 2. The molecule has 0 N–H and O–H groups in total. The first-order valence-corrected chi connectivity index (χ1v) is 6.20. The Balaban J connectivity index is 2.05. The van der Waals surface area contributed by atoms with Crippen LogP contribution < -0.4 is 0 Å². The van der Waals surface area contributed by atoms with Gasteiger partial charge in [-0.2, -0.15) is 0 Å². The Morgan fingerprint density at radius 2 is 2.47 bits per heavy atom. The van der Waals surface area contributed by atoms with Crippen LogP contribution in [0.1, 0.15) is 23.2 Å². The van der Waals surface area contributed by atoms with Gasteiger partial charge in [0, 0.05) is 25.2 Å². The van der Waals surface area contributed by atoms with Crippen LogP contribution in [-0.2, 0) is 0 Å². The number of carbonyl (C=O) groups excluding carboxylic acids is 1. The summed E-state index contributed by atoms with van der Waals surface area (Å²) >= 11 is 5.68. The number of carbonyl (C=O) groups is 1. The number of pyridine rings is 1. The molecule has 2 heterocycles. The van der Waals surface area contributed by atoms with Gasteiger partial charge in [-0.15, -0.1) is 11.6 Å². The average molecular weight is 257 g/mol. The Hall–Kier alpha value is -1.16. The van der Waals surface area contributed by atoms with Crippen LogP contribution >= 0.6 is 11.6 Å². The summed E-state index contributed by atoms with van der Waals surface area (Å²) in [6.45, 7) is 1.36. The van der Waals surface area contributed by atoms with Crippen LogP contribution in [0.15, 0.2) is 18.5 Å². The van der Waals surface area contributed by atoms with E-state index in [0.717, 1.165) is 19.0 Å². The predicted octanol–water partition coefficient (Wildman–Crippen LogP) is 2.31. The van der Waals surface area contributed by atoms with E-state index in [2.05, 4.69) is 4.98 Å². The molecule has 0 aromatic carbocycles. The molecule has 1 amide bonds. The van der Waals surface area contributed by atoms with Crippen molar-refractivity contribution in [3.63, 3.8) is 0 Å². The number of nitrogens with zero attached hydrogens (tertiary/aromatic N) is 2. The molecule has 5 heteroatoms. The molecule has 1 aliphatic heterocycles. The molecule has 0 aliphatic carbocycles. The van der Waals surface area contributed by atoms with Crippen molar-refractivity contribution in [2.24, 2.45) is 5.92 Å². The van der Waals surface area contributed by atoms with Gasteiger partial charge in [-0.25, -0.2) is 4.39 Å². The lowest BCUT2D eigenvalue weighted by molar-refractivity contribution is 0.0782. The summed E-state index contributed by atoms with van der Waals surface area (Å²) < 4.78 is 13.4. The van der Waals surface area contributed by atoms with E-state index in [1.54, 1.807) is 4.90 Å². The molecule has 0 spiro atoms. The Bertz CT molecular complexity index is 413. The van der Waals surface area contributed by atoms with Crippen LogP contribution in [-0.4, -0.2) is 34.8 Å². The molecule has 17 heavy (non-hydrogen) atoms. The van der Waals surface area contributed by atoms with Crippen LogP contribution in [0.3, 0.4) is 0 Å². The molecule has 1 aromatic rings. The smallest absolute Gasteiger partial charge is 0.256 e. The minimum Gasteiger partial charge on any atom is -0.338 e. The third-order valence-electron chi connectivity index (χ3n) is 3.09. The lowest BCUT2D eigenvalue weighted by Gasteiger charge is -2.16. The molecule has 0 saturated carbocycles. The summed E-state index contributed by atoms with van der Waals surface area (Å²) in [5.74, 6) is 0.248. The van der Waals surface area contributed by atoms with Gasteiger partial charge in [0.2, 0.25) is 0 Å². The van der Waals surface area contributed by atoms with Crippen LogP contribution in [0.2, 0.25) is 0 Å². The molecule has 0 bridgehead atoms. The van der Waals surface area contributed by atoms with Crippen LogP contribution in [0.25, 0.3) is 0 Å². The van der Waals surface area contributed by atoms with E-state index in [1.807, 2.05) is 0 Å². The van der Waals surface area contributed by atoms with E-state index in [-0.39, 0.29) is 11.5 Å². The second-order valence-electron chi connectivity index (χ2n) is 4.24. The van der Waals surface area contributed by atoms with Gasteiger partial charge in [0.1, 0.15) is 0 Å². The van der Waals surface area contributed by atoms with E-state index in [9.17, 15) is 9.18 Å². The van der Waals surface area contributed by atoms with Gasteiger partial charge >= 0.3 is 0 Å². The highest BCUT2D eigenvalue weighted by atomic mass is 35.5. The molecule has 3 nitrogen and oxygen atoms in total. The first-order valence-electron chi connectivity index (χ1n) is 5.67. The number of hydrogen-bond donors (Lipinski definition) is 0. The zero-order valence-electron chi connectivity index (χ0n) is 9.40. The van der Waals surface area contributed by atoms with E-state index in [4.69, 9.17) is 11.6 Å². The molecule has 1 aliphatic rings. The van der Waals surface area contributed by atoms with Crippen molar-refractivity contribution in [1.82, 2.24) is 9.88 Å². The highest BCUT2D eigenvalue weighted by molar-refractivity contribution is 6.17. The van der Waals surface area contributed by atoms with Crippen molar-refractivity contribution >= 4 is 17.5 Å². The highest BCUT2D eigenvalue weighted by Crippen LogP contribution is 2.22. The summed E-state index contributed by atoms with van der Waals surface area (Å²) in [6.07, 6.45) is 4.36. The van der Waals surface area contributed by atoms with Crippen molar-refractivity contribution in [1.29, 1.82) is 0 Å². The molecule has 1 atom stereocenters. The van der Waals surface area contributed by atoms with Gasteiger partial charge in [-0.3, -0.25) is 9.78 Å². The number of amides is 1. The number of hydrogen-bond acceptors (Lipinski definition) is 2. The molecule has 2 rings (SSSR count). The van der Waals surface area contributed by atoms with Gasteiger partial charge < -0.3 is 4.90 Å². The van der Waals surface area contributed by atoms with Gasteiger partial charge in [-0.05, 0) is 24.8 Å². The molecule has 0 radical (unpaired) electrons. The van der Waals surface area contributed by atoms with Crippen molar-refractivity contribution in [3.05, 3.63) is 29.8 Å². The fraction of sp³-hybridized carbons (Fsp3) is 0.500. The van der Waals surface area contributed by atoms with Crippen molar-refractivity contribution in [2.75, 3.05) is 19.0 Å². The topological polar surface area (TPSA) is 33.2 Å². The van der Waals surface area contributed by atoms with Crippen LogP contribution in [0.5, 0.6) is 0 Å². The Kier molecular flexibility index (Phi) is 3.94. The second kappa shape index (κ2) is 5.45. The van der Waals surface area contributed by atoms with Crippen molar-refractivity contribution < 1.29 is 9.18 Å². The Morgan fingerprint density at radius 1 is 1.65 bits per heavy atom. The first kappa shape index (κ1) is 12.3. The van der Waals surface area contributed by atoms with E-state index >= 15 is 0 Å². The summed E-state index contributed by atoms with van der Waals surface area (Å²) in [6, 6.07) is 1.42. The first-order chi connectivity index (χ1) is 8.22. The van der Waals surface area contributed by atoms with E-state index in [0.29, 0.717) is 24.9 Å². The quantitative estimate of drug-likeness (QED) is 0.778. The SMILES string of the molecule is O=C(c1ccncc1F)N1CCC(CCCl)C1. The predicted molar refractivity (Wildman–Crippen MR) is 63.5 cm³/mol. The maximum Gasteiger partial charge on any atom is 0.256 e. The third kappa shape index (κ3) is 2.75. The fourth-order valence-electron chi connectivity index (χ4n) is 2.13. The number of rotatable bonds is 3. The van der Waals surface area contributed by atoms with Gasteiger partial charge in [-0.1, -0.05) is 0 Å². The fourth-order valence-corrected chi connectivity index (χ4v) is 2.43. The van der Waals surface area contributed by atoms with E-state index < -0.39 is 5.82 Å². The molecule has 92 valence electrons. The van der Waals surface area contributed by atoms with Gasteiger partial charge in [0.05, 0.1) is 11.8 Å². The molecule has 1 fully saturated rings. The third-order valence-corrected chi connectivity index (χ3v) is 3.31. The zero-order valence-corrected chi connectivity index (χ0v) is 10.2. The standard InChI is InChI=1S/C12H14ClFN2O/c13-4-1-9-3-6-16(8-9)12(17)10-2-5-15-7-11(10)14/h2,5,7,9H,1,3-4,6,8H2. The summed E-state index contributed by atoms with van der Waals surface area (Å²) in [7, 11) is 0. The molecule has 1 aromatic heterocycles. The maximum absolute atomic E-state index is 13.4. The lowest BCUT2D eigenvalue weighted by Crippen LogP contribution is -2.29. The Labute approximate surface area is 105 Å². The minimum absolute atomic E-state index is 0.103. The van der Waals surface area contributed by atoms with E-state index in [1.165, 1.54) is 12.3 Å². The summed E-state index contributed by atoms with van der Waals surface area (Å²) in [5.41, 5.74) is 0.103. The highest BCUT2D eigenvalue weighted by Gasteiger charge is 2.27. The van der Waals surface area contributed by atoms with Crippen molar-refractivity contribution in [3.8, 4) is 0 Å². The van der Waals surface area contributed by atoms with Gasteiger partial charge in [0.15, 0.2) is 5.82 Å². The number of alkyl halides is 1. The minimum atomic E-state index is -0.557. The molecule has 1 unspecified atom stereocenters. The molecular formula is C12H14ClFN2O. The maximum atomic E-state index is 13.4.